The average Bonchev–Trinajstić information content (AvgIpc) is 2.78. The smallest absolute Gasteiger partial charge is 0.0832 e. The van der Waals surface area contributed by atoms with Crippen molar-refractivity contribution in [2.75, 3.05) is 0 Å². The number of aliphatic hydroxyl groups excluding tert-OH is 1. The summed E-state index contributed by atoms with van der Waals surface area (Å²) in [6.07, 6.45) is 1.39. The van der Waals surface area contributed by atoms with Gasteiger partial charge in [0.25, 0.3) is 0 Å². The molecular formula is C14H17ClN2O. The maximum absolute atomic E-state index is 9.51. The van der Waals surface area contributed by atoms with Gasteiger partial charge in [-0.25, -0.2) is 4.68 Å². The van der Waals surface area contributed by atoms with E-state index in [1.807, 2.05) is 24.4 Å². The van der Waals surface area contributed by atoms with Crippen LogP contribution in [0.25, 0.3) is 5.69 Å². The summed E-state index contributed by atoms with van der Waals surface area (Å²) in [5.41, 5.74) is 2.67. The fraction of sp³-hybridized carbons (Fsp3) is 0.357. The van der Waals surface area contributed by atoms with Crippen molar-refractivity contribution in [3.05, 3.63) is 46.7 Å². The van der Waals surface area contributed by atoms with Crippen LogP contribution < -0.4 is 0 Å². The van der Waals surface area contributed by atoms with E-state index < -0.39 is 6.10 Å². The molecule has 0 saturated carbocycles. The van der Waals surface area contributed by atoms with Crippen LogP contribution in [-0.4, -0.2) is 14.9 Å². The van der Waals surface area contributed by atoms with Gasteiger partial charge in [0.1, 0.15) is 0 Å². The van der Waals surface area contributed by atoms with Crippen LogP contribution in [0.4, 0.5) is 0 Å². The molecule has 0 saturated heterocycles. The highest BCUT2D eigenvalue weighted by atomic mass is 35.5. The Morgan fingerprint density at radius 2 is 1.94 bits per heavy atom. The van der Waals surface area contributed by atoms with E-state index in [-0.39, 0.29) is 0 Å². The number of benzene rings is 1. The van der Waals surface area contributed by atoms with Crippen LogP contribution in [0.5, 0.6) is 0 Å². The van der Waals surface area contributed by atoms with Crippen LogP contribution in [0.2, 0.25) is 5.02 Å². The molecular weight excluding hydrogens is 248 g/mol. The maximum atomic E-state index is 9.51. The molecule has 0 aliphatic carbocycles. The molecule has 0 fully saturated rings. The highest BCUT2D eigenvalue weighted by Gasteiger charge is 2.09. The van der Waals surface area contributed by atoms with Crippen molar-refractivity contribution < 1.29 is 5.11 Å². The molecule has 1 heterocycles. The second-order valence-corrected chi connectivity index (χ2v) is 5.13. The van der Waals surface area contributed by atoms with Crippen LogP contribution in [0.3, 0.4) is 0 Å². The van der Waals surface area contributed by atoms with Crippen LogP contribution in [-0.2, 0) is 0 Å². The molecule has 0 aliphatic rings. The first-order valence-electron chi connectivity index (χ1n) is 6.02. The lowest BCUT2D eigenvalue weighted by Gasteiger charge is -2.09. The number of rotatable bonds is 3. The van der Waals surface area contributed by atoms with Gasteiger partial charge in [0.05, 0.1) is 22.5 Å². The first-order valence-corrected chi connectivity index (χ1v) is 6.40. The summed E-state index contributed by atoms with van der Waals surface area (Å²) in [7, 11) is 0. The van der Waals surface area contributed by atoms with Crippen molar-refractivity contribution in [1.82, 2.24) is 9.78 Å². The molecule has 4 heteroatoms. The summed E-state index contributed by atoms with van der Waals surface area (Å²) in [6, 6.07) is 7.51. The third-order valence-corrected chi connectivity index (χ3v) is 3.20. The predicted octanol–water partition coefficient (Wildman–Crippen LogP) is 3.70. The molecule has 1 aromatic carbocycles. The number of hydrogen-bond donors (Lipinski definition) is 1. The Morgan fingerprint density at radius 1 is 1.22 bits per heavy atom. The van der Waals surface area contributed by atoms with Crippen molar-refractivity contribution in [3.63, 3.8) is 0 Å². The van der Waals surface area contributed by atoms with E-state index in [0.29, 0.717) is 10.9 Å². The molecule has 0 unspecified atom stereocenters. The molecule has 0 bridgehead atoms. The van der Waals surface area contributed by atoms with Crippen LogP contribution >= 0.6 is 11.6 Å². The van der Waals surface area contributed by atoms with Gasteiger partial charge in [-0.15, -0.1) is 0 Å². The van der Waals surface area contributed by atoms with Gasteiger partial charge in [-0.1, -0.05) is 31.5 Å². The number of hydrogen-bond acceptors (Lipinski definition) is 2. The first kappa shape index (κ1) is 13.1. The molecule has 3 nitrogen and oxygen atoms in total. The minimum atomic E-state index is -0.514. The van der Waals surface area contributed by atoms with E-state index in [1.54, 1.807) is 17.7 Å². The van der Waals surface area contributed by atoms with Gasteiger partial charge in [-0.3, -0.25) is 0 Å². The molecule has 0 amide bonds. The molecule has 1 N–H and O–H groups in total. The molecule has 18 heavy (non-hydrogen) atoms. The normalized spacial score (nSPS) is 13.0. The maximum Gasteiger partial charge on any atom is 0.0832 e. The lowest BCUT2D eigenvalue weighted by molar-refractivity contribution is 0.199. The molecule has 1 aromatic heterocycles. The van der Waals surface area contributed by atoms with Gasteiger partial charge in [0.15, 0.2) is 0 Å². The van der Waals surface area contributed by atoms with Gasteiger partial charge >= 0.3 is 0 Å². The van der Waals surface area contributed by atoms with E-state index >= 15 is 0 Å². The minimum Gasteiger partial charge on any atom is -0.389 e. The van der Waals surface area contributed by atoms with Gasteiger partial charge < -0.3 is 5.11 Å². The lowest BCUT2D eigenvalue weighted by Crippen LogP contribution is -1.99. The zero-order valence-corrected chi connectivity index (χ0v) is 11.5. The second-order valence-electron chi connectivity index (χ2n) is 4.73. The van der Waals surface area contributed by atoms with Gasteiger partial charge in [-0.2, -0.15) is 5.10 Å². The zero-order valence-electron chi connectivity index (χ0n) is 10.8. The van der Waals surface area contributed by atoms with E-state index in [0.717, 1.165) is 16.9 Å². The number of aromatic nitrogens is 2. The summed E-state index contributed by atoms with van der Waals surface area (Å²) in [5, 5.41) is 14.6. The Balaban J connectivity index is 2.38. The Morgan fingerprint density at radius 3 is 2.44 bits per heavy atom. The summed E-state index contributed by atoms with van der Waals surface area (Å²) in [4.78, 5) is 0. The fourth-order valence-corrected chi connectivity index (χ4v) is 2.02. The molecule has 0 radical (unpaired) electrons. The van der Waals surface area contributed by atoms with E-state index in [1.165, 1.54) is 0 Å². The Labute approximate surface area is 112 Å². The van der Waals surface area contributed by atoms with Crippen molar-refractivity contribution in [3.8, 4) is 5.69 Å². The van der Waals surface area contributed by atoms with Crippen LogP contribution in [0, 0.1) is 0 Å². The quantitative estimate of drug-likeness (QED) is 0.918. The Hall–Kier alpha value is -1.32. The van der Waals surface area contributed by atoms with Crippen molar-refractivity contribution >= 4 is 11.6 Å². The minimum absolute atomic E-state index is 0.391. The molecule has 96 valence electrons. The lowest BCUT2D eigenvalue weighted by atomic mass is 10.1. The van der Waals surface area contributed by atoms with Gasteiger partial charge in [0, 0.05) is 6.20 Å². The molecule has 1 atom stereocenters. The molecule has 0 aliphatic heterocycles. The number of aliphatic hydroxyl groups is 1. The zero-order chi connectivity index (χ0) is 13.3. The number of halogens is 1. The largest absolute Gasteiger partial charge is 0.389 e. The van der Waals surface area contributed by atoms with Gasteiger partial charge in [-0.05, 0) is 36.6 Å². The standard InChI is InChI=1S/C14H17ClN2O/c1-9(2)13-6-7-17(16-13)14-5-4-11(10(3)18)8-12(14)15/h4-10,18H,1-3H3/t10-/m1/s1. The topological polar surface area (TPSA) is 38.0 Å². The first-order chi connectivity index (χ1) is 8.49. The second kappa shape index (κ2) is 5.12. The third-order valence-electron chi connectivity index (χ3n) is 2.90. The van der Waals surface area contributed by atoms with E-state index in [2.05, 4.69) is 18.9 Å². The van der Waals surface area contributed by atoms with Crippen LogP contribution in [0.1, 0.15) is 44.1 Å². The van der Waals surface area contributed by atoms with Crippen molar-refractivity contribution in [2.45, 2.75) is 32.8 Å². The summed E-state index contributed by atoms with van der Waals surface area (Å²) >= 11 is 6.22. The SMILES string of the molecule is CC(C)c1ccn(-c2ccc([C@@H](C)O)cc2Cl)n1. The summed E-state index contributed by atoms with van der Waals surface area (Å²) in [6.45, 7) is 5.92. The summed E-state index contributed by atoms with van der Waals surface area (Å²) in [5.74, 6) is 0.391. The molecule has 2 aromatic rings. The predicted molar refractivity (Wildman–Crippen MR) is 73.3 cm³/mol. The molecule has 2 rings (SSSR count). The van der Waals surface area contributed by atoms with Crippen molar-refractivity contribution in [2.24, 2.45) is 0 Å². The van der Waals surface area contributed by atoms with Gasteiger partial charge in [0.2, 0.25) is 0 Å². The Kier molecular flexibility index (Phi) is 3.73. The van der Waals surface area contributed by atoms with Crippen molar-refractivity contribution in [1.29, 1.82) is 0 Å². The van der Waals surface area contributed by atoms with Crippen LogP contribution in [0.15, 0.2) is 30.5 Å². The number of nitrogens with zero attached hydrogens (tertiary/aromatic N) is 2. The van der Waals surface area contributed by atoms with E-state index in [9.17, 15) is 5.11 Å². The molecule has 0 spiro atoms. The third kappa shape index (κ3) is 2.57. The Bertz CT molecular complexity index is 546. The monoisotopic (exact) mass is 264 g/mol. The van der Waals surface area contributed by atoms with E-state index in [4.69, 9.17) is 11.6 Å². The highest BCUT2D eigenvalue weighted by molar-refractivity contribution is 6.32. The highest BCUT2D eigenvalue weighted by Crippen LogP contribution is 2.25. The summed E-state index contributed by atoms with van der Waals surface area (Å²) < 4.78 is 1.77. The average molecular weight is 265 g/mol. The fourth-order valence-electron chi connectivity index (χ4n) is 1.75.